The van der Waals surface area contributed by atoms with Gasteiger partial charge in [-0.2, -0.15) is 0 Å². The lowest BCUT2D eigenvalue weighted by Gasteiger charge is -2.21. The number of sulfonamides is 1. The van der Waals surface area contributed by atoms with Crippen LogP contribution in [0.4, 0.5) is 15.2 Å². The second kappa shape index (κ2) is 7.23. The number of aromatic nitrogens is 1. The molecule has 0 spiro atoms. The summed E-state index contributed by atoms with van der Waals surface area (Å²) in [6.07, 6.45) is 1.73. The van der Waals surface area contributed by atoms with E-state index < -0.39 is 10.0 Å². The predicted molar refractivity (Wildman–Crippen MR) is 112 cm³/mol. The van der Waals surface area contributed by atoms with Gasteiger partial charge in [0.2, 0.25) is 10.0 Å². The number of anilines is 2. The first kappa shape index (κ1) is 19.5. The molecule has 0 aliphatic carbocycles. The van der Waals surface area contributed by atoms with Gasteiger partial charge in [-0.25, -0.2) is 17.8 Å². The number of nitrogens with one attached hydrogen (secondary N) is 1. The van der Waals surface area contributed by atoms with E-state index in [1.54, 1.807) is 35.7 Å². The van der Waals surface area contributed by atoms with Crippen LogP contribution in [0, 0.1) is 5.82 Å². The Bertz CT molecular complexity index is 1190. The number of carbonyl (C=O) groups is 1. The van der Waals surface area contributed by atoms with E-state index in [1.165, 1.54) is 34.0 Å². The molecule has 0 saturated heterocycles. The number of nitrogens with zero attached hydrogens (tertiary/aromatic N) is 2. The van der Waals surface area contributed by atoms with Crippen LogP contribution in [0.5, 0.6) is 0 Å². The smallest absolute Gasteiger partial charge is 0.257 e. The average molecular weight is 432 g/mol. The Morgan fingerprint density at radius 3 is 2.66 bits per heavy atom. The molecule has 1 N–H and O–H groups in total. The molecule has 0 radical (unpaired) electrons. The minimum atomic E-state index is -3.37. The zero-order valence-electron chi connectivity index (χ0n) is 15.7. The van der Waals surface area contributed by atoms with Crippen LogP contribution in [0.1, 0.15) is 22.8 Å². The van der Waals surface area contributed by atoms with Gasteiger partial charge >= 0.3 is 0 Å². The van der Waals surface area contributed by atoms with Gasteiger partial charge in [0.15, 0.2) is 5.13 Å². The van der Waals surface area contributed by atoms with E-state index in [2.05, 4.69) is 10.3 Å². The monoisotopic (exact) mass is 431 g/mol. The summed E-state index contributed by atoms with van der Waals surface area (Å²) in [4.78, 5) is 17.0. The molecule has 1 atom stereocenters. The van der Waals surface area contributed by atoms with E-state index in [9.17, 15) is 17.6 Å². The Hall–Kier alpha value is -2.78. The normalized spacial score (nSPS) is 16.0. The first-order chi connectivity index (χ1) is 13.7. The number of fused-ring (bicyclic) bond motifs is 1. The first-order valence-corrected chi connectivity index (χ1v) is 11.6. The molecule has 0 bridgehead atoms. The number of thiazole rings is 1. The third-order valence-corrected chi connectivity index (χ3v) is 6.75. The molecule has 9 heteroatoms. The van der Waals surface area contributed by atoms with E-state index in [-0.39, 0.29) is 17.8 Å². The summed E-state index contributed by atoms with van der Waals surface area (Å²) in [6, 6.07) is 10.8. The molecule has 1 aromatic heterocycles. The maximum Gasteiger partial charge on any atom is 0.257 e. The number of hydrogen-bond acceptors (Lipinski definition) is 5. The van der Waals surface area contributed by atoms with Crippen LogP contribution in [0.2, 0.25) is 0 Å². The van der Waals surface area contributed by atoms with Gasteiger partial charge in [0.1, 0.15) is 5.82 Å². The lowest BCUT2D eigenvalue weighted by Crippen LogP contribution is -2.34. The van der Waals surface area contributed by atoms with Crippen molar-refractivity contribution in [2.24, 2.45) is 0 Å². The van der Waals surface area contributed by atoms with Crippen molar-refractivity contribution >= 4 is 38.1 Å². The largest absolute Gasteiger partial charge is 0.298 e. The van der Waals surface area contributed by atoms with Crippen LogP contribution < -0.4 is 9.62 Å². The van der Waals surface area contributed by atoms with Crippen molar-refractivity contribution in [3.63, 3.8) is 0 Å². The highest BCUT2D eigenvalue weighted by Crippen LogP contribution is 2.35. The minimum absolute atomic E-state index is 0.185. The molecule has 3 aromatic rings. The van der Waals surface area contributed by atoms with Crippen molar-refractivity contribution in [1.29, 1.82) is 0 Å². The molecule has 1 aliphatic heterocycles. The number of hydrogen-bond donors (Lipinski definition) is 1. The highest BCUT2D eigenvalue weighted by Gasteiger charge is 2.32. The maximum absolute atomic E-state index is 13.1. The number of benzene rings is 2. The van der Waals surface area contributed by atoms with Gasteiger partial charge in [-0.1, -0.05) is 0 Å². The van der Waals surface area contributed by atoms with E-state index in [0.29, 0.717) is 28.5 Å². The molecule has 150 valence electrons. The number of carbonyl (C=O) groups excluding carboxylic acids is 1. The quantitative estimate of drug-likeness (QED) is 0.679. The van der Waals surface area contributed by atoms with Crippen molar-refractivity contribution < 1.29 is 17.6 Å². The molecular formula is C20H18FN3O3S2. The summed E-state index contributed by atoms with van der Waals surface area (Å²) in [5, 5.41) is 4.99. The Kier molecular flexibility index (Phi) is 4.87. The van der Waals surface area contributed by atoms with Crippen molar-refractivity contribution in [3.05, 3.63) is 64.8 Å². The van der Waals surface area contributed by atoms with Gasteiger partial charge < -0.3 is 0 Å². The second-order valence-electron chi connectivity index (χ2n) is 6.95. The predicted octanol–water partition coefficient (Wildman–Crippen LogP) is 3.91. The van der Waals surface area contributed by atoms with Gasteiger partial charge in [-0.3, -0.25) is 14.4 Å². The Morgan fingerprint density at radius 2 is 1.97 bits per heavy atom. The number of amides is 1. The average Bonchev–Trinajstić information content (AvgIpc) is 3.24. The molecule has 29 heavy (non-hydrogen) atoms. The summed E-state index contributed by atoms with van der Waals surface area (Å²) in [7, 11) is -3.37. The van der Waals surface area contributed by atoms with Crippen LogP contribution in [-0.2, 0) is 16.4 Å². The molecule has 1 amide bonds. The van der Waals surface area contributed by atoms with Gasteiger partial charge in [0, 0.05) is 22.5 Å². The van der Waals surface area contributed by atoms with Crippen molar-refractivity contribution in [3.8, 4) is 11.3 Å². The second-order valence-corrected chi connectivity index (χ2v) is 9.67. The Morgan fingerprint density at radius 1 is 1.24 bits per heavy atom. The summed E-state index contributed by atoms with van der Waals surface area (Å²) < 4.78 is 38.5. The Balaban J connectivity index is 1.53. The van der Waals surface area contributed by atoms with E-state index in [0.717, 1.165) is 11.1 Å². The minimum Gasteiger partial charge on any atom is -0.298 e. The summed E-state index contributed by atoms with van der Waals surface area (Å²) >= 11 is 1.28. The van der Waals surface area contributed by atoms with Crippen molar-refractivity contribution in [2.75, 3.05) is 15.9 Å². The van der Waals surface area contributed by atoms with Crippen LogP contribution in [0.3, 0.4) is 0 Å². The van der Waals surface area contributed by atoms with E-state index in [1.807, 2.05) is 6.92 Å². The molecule has 4 rings (SSSR count). The van der Waals surface area contributed by atoms with Gasteiger partial charge in [-0.15, -0.1) is 11.3 Å². The molecule has 0 unspecified atom stereocenters. The fourth-order valence-electron chi connectivity index (χ4n) is 3.50. The highest BCUT2D eigenvalue weighted by molar-refractivity contribution is 7.92. The fourth-order valence-corrected chi connectivity index (χ4v) is 5.48. The van der Waals surface area contributed by atoms with E-state index in [4.69, 9.17) is 0 Å². The van der Waals surface area contributed by atoms with Crippen LogP contribution in [-0.4, -0.2) is 31.6 Å². The van der Waals surface area contributed by atoms with Gasteiger partial charge in [-0.05, 0) is 61.4 Å². The molecule has 2 heterocycles. The molecule has 1 aliphatic rings. The third kappa shape index (κ3) is 3.88. The summed E-state index contributed by atoms with van der Waals surface area (Å²) in [6.45, 7) is 1.84. The number of rotatable bonds is 4. The zero-order valence-corrected chi connectivity index (χ0v) is 17.3. The van der Waals surface area contributed by atoms with Crippen molar-refractivity contribution in [2.45, 2.75) is 19.4 Å². The topological polar surface area (TPSA) is 79.4 Å². The Labute approximate surface area is 172 Å². The standard InChI is InChI=1S/C20H18FN3O3S2/c1-12-9-15-10-14(5-8-18(15)24(12)29(2,26)27)19(25)23-20-22-17(11-28-20)13-3-6-16(21)7-4-13/h3-8,10-12H,9H2,1-2H3,(H,22,23,25)/t12-/m0/s1. The van der Waals surface area contributed by atoms with Crippen molar-refractivity contribution in [1.82, 2.24) is 4.98 Å². The molecule has 0 saturated carbocycles. The summed E-state index contributed by atoms with van der Waals surface area (Å²) in [5.41, 5.74) is 3.28. The molecule has 2 aromatic carbocycles. The van der Waals surface area contributed by atoms with Crippen LogP contribution in [0.15, 0.2) is 47.8 Å². The number of halogens is 1. The van der Waals surface area contributed by atoms with E-state index >= 15 is 0 Å². The third-order valence-electron chi connectivity index (χ3n) is 4.72. The van der Waals surface area contributed by atoms with Gasteiger partial charge in [0.25, 0.3) is 5.91 Å². The maximum atomic E-state index is 13.1. The van der Waals surface area contributed by atoms with Crippen LogP contribution >= 0.6 is 11.3 Å². The molecule has 6 nitrogen and oxygen atoms in total. The molecular weight excluding hydrogens is 413 g/mol. The SMILES string of the molecule is C[C@H]1Cc2cc(C(=O)Nc3nc(-c4ccc(F)cc4)cs3)ccc2N1S(C)(=O)=O. The van der Waals surface area contributed by atoms with Gasteiger partial charge in [0.05, 0.1) is 17.6 Å². The highest BCUT2D eigenvalue weighted by atomic mass is 32.2. The zero-order chi connectivity index (χ0) is 20.8. The van der Waals surface area contributed by atoms with Crippen LogP contribution in [0.25, 0.3) is 11.3 Å². The molecule has 0 fully saturated rings. The summed E-state index contributed by atoms with van der Waals surface area (Å²) in [5.74, 6) is -0.642. The first-order valence-electron chi connectivity index (χ1n) is 8.87. The lowest BCUT2D eigenvalue weighted by atomic mass is 10.1. The fraction of sp³-hybridized carbons (Fsp3) is 0.200. The lowest BCUT2D eigenvalue weighted by molar-refractivity contribution is 0.102.